The molecule has 0 N–H and O–H groups in total. The van der Waals surface area contributed by atoms with E-state index in [1.165, 1.54) is 0 Å². The first-order valence-electron chi connectivity index (χ1n) is 0.582. The second kappa shape index (κ2) is 4.60. The summed E-state index contributed by atoms with van der Waals surface area (Å²) in [6.45, 7) is 0. The van der Waals surface area contributed by atoms with Gasteiger partial charge >= 0.3 is 4.70 Å². The molecule has 0 amide bonds. The summed E-state index contributed by atoms with van der Waals surface area (Å²) in [6.07, 6.45) is 0. The Labute approximate surface area is 46.7 Å². The minimum absolute atomic E-state index is 0. The van der Waals surface area contributed by atoms with Crippen LogP contribution in [0.1, 0.15) is 0 Å². The highest BCUT2D eigenvalue weighted by atomic mass is 35.5. The first kappa shape index (κ1) is 9.14. The second-order valence-corrected chi connectivity index (χ2v) is 1.11. The van der Waals surface area contributed by atoms with Gasteiger partial charge in [0.1, 0.15) is 0 Å². The van der Waals surface area contributed by atoms with Crippen LogP contribution < -0.4 is 0 Å². The lowest BCUT2D eigenvalue weighted by molar-refractivity contribution is 0.275. The summed E-state index contributed by atoms with van der Waals surface area (Å²) >= 11 is 8.80. The molecule has 0 unspecified atom stereocenters. The molecule has 4 heteroatoms. The van der Waals surface area contributed by atoms with Crippen molar-refractivity contribution < 1.29 is 4.79 Å². The highest BCUT2D eigenvalue weighted by molar-refractivity contribution is 7.59. The van der Waals surface area contributed by atoms with Crippen molar-refractivity contribution in [1.29, 1.82) is 0 Å². The van der Waals surface area contributed by atoms with Crippen molar-refractivity contribution in [1.82, 2.24) is 0 Å². The third kappa shape index (κ3) is 86.4. The van der Waals surface area contributed by atoms with Crippen LogP contribution in [0.2, 0.25) is 0 Å². The molecule has 0 aromatic carbocycles. The minimum Gasteiger partial charge on any atom is -0.262 e. The molecule has 0 saturated carbocycles. The Morgan fingerprint density at radius 2 is 1.40 bits per heavy atom. The molecular weight excluding hydrogens is 131 g/mol. The van der Waals surface area contributed by atoms with Gasteiger partial charge in [-0.2, -0.15) is 0 Å². The van der Waals surface area contributed by atoms with Crippen LogP contribution in [-0.2, 0) is 0 Å². The van der Waals surface area contributed by atoms with Crippen molar-refractivity contribution in [2.24, 2.45) is 0 Å². The molecule has 0 spiro atoms. The number of halogens is 2. The van der Waals surface area contributed by atoms with Gasteiger partial charge in [-0.1, -0.05) is 0 Å². The van der Waals surface area contributed by atoms with Crippen LogP contribution in [0.5, 0.6) is 0 Å². The van der Waals surface area contributed by atoms with E-state index in [0.717, 1.165) is 0 Å². The summed E-state index contributed by atoms with van der Waals surface area (Å²) in [5.74, 6) is 0. The molecule has 0 bridgehead atoms. The fraction of sp³-hybridized carbons (Fsp3) is 0. The van der Waals surface area contributed by atoms with E-state index >= 15 is 0 Å². The average molecular weight is 131 g/mol. The molecule has 0 aliphatic carbocycles. The van der Waals surface area contributed by atoms with Crippen LogP contribution in [-0.4, -0.2) is 4.70 Å². The van der Waals surface area contributed by atoms with E-state index in [1.54, 1.807) is 0 Å². The van der Waals surface area contributed by atoms with Gasteiger partial charge in [0.15, 0.2) is 0 Å². The van der Waals surface area contributed by atoms with Gasteiger partial charge in [0.05, 0.1) is 0 Å². The lowest BCUT2D eigenvalue weighted by Crippen LogP contribution is -1.46. The van der Waals surface area contributed by atoms with Crippen LogP contribution >= 0.6 is 36.7 Å². The third-order valence-corrected chi connectivity index (χ3v) is 0. The third-order valence-electron chi connectivity index (χ3n) is 0. The van der Waals surface area contributed by atoms with E-state index in [1.807, 2.05) is 0 Å². The zero-order valence-electron chi connectivity index (χ0n) is 2.07. The molecule has 0 aliphatic rings. The number of carbonyl (C=O) groups is 1. The van der Waals surface area contributed by atoms with Gasteiger partial charge in [-0.15, -0.1) is 0 Å². The largest absolute Gasteiger partial charge is 0.313 e. The maximum absolute atomic E-state index is 8.98. The number of hydrogen-bond donors (Lipinski definition) is 0. The van der Waals surface area contributed by atoms with Crippen LogP contribution in [0.4, 0.5) is 4.79 Å². The molecule has 0 atom stereocenters. The lowest BCUT2D eigenvalue weighted by atomic mass is 11.8. The first-order chi connectivity index (χ1) is 1.73. The fourth-order valence-electron chi connectivity index (χ4n) is 0. The zero-order chi connectivity index (χ0) is 3.58. The van der Waals surface area contributed by atoms with E-state index < -0.39 is 4.70 Å². The topological polar surface area (TPSA) is 17.1 Å². The van der Waals surface area contributed by atoms with Crippen LogP contribution in [0.15, 0.2) is 0 Å². The van der Waals surface area contributed by atoms with Crippen molar-refractivity contribution >= 4 is 41.4 Å². The minimum atomic E-state index is -0.889. The molecule has 0 fully saturated rings. The molecule has 2 radical (unpaired) electrons. The fourth-order valence-corrected chi connectivity index (χ4v) is 0. The quantitative estimate of drug-likeness (QED) is 0.460. The van der Waals surface area contributed by atoms with Crippen molar-refractivity contribution in [3.63, 3.8) is 0 Å². The van der Waals surface area contributed by atoms with Gasteiger partial charge in [-0.05, 0) is 23.2 Å². The van der Waals surface area contributed by atoms with E-state index in [-0.39, 0.29) is 13.5 Å². The van der Waals surface area contributed by atoms with E-state index in [0.29, 0.717) is 0 Å². The molecule has 5 heavy (non-hydrogen) atoms. The van der Waals surface area contributed by atoms with Gasteiger partial charge in [0, 0.05) is 13.5 Å². The zero-order valence-corrected chi connectivity index (χ0v) is 4.40. The monoisotopic (exact) mass is 130 g/mol. The van der Waals surface area contributed by atoms with Crippen molar-refractivity contribution in [3.05, 3.63) is 0 Å². The SMILES string of the molecule is O=C(Cl)Cl.[S]. The van der Waals surface area contributed by atoms with Crippen molar-refractivity contribution in [3.8, 4) is 0 Å². The number of carbonyl (C=O) groups excluding carboxylic acids is 1. The maximum atomic E-state index is 8.98. The van der Waals surface area contributed by atoms with Gasteiger partial charge in [-0.3, -0.25) is 4.79 Å². The Morgan fingerprint density at radius 1 is 1.40 bits per heavy atom. The Bertz CT molecular complexity index is 32.6. The molecule has 0 aromatic heterocycles. The molecule has 30 valence electrons. The van der Waals surface area contributed by atoms with Gasteiger partial charge in [-0.25, -0.2) is 0 Å². The van der Waals surface area contributed by atoms with Crippen LogP contribution in [0.3, 0.4) is 0 Å². The van der Waals surface area contributed by atoms with E-state index in [2.05, 4.69) is 23.2 Å². The molecule has 0 aliphatic heterocycles. The Hall–Kier alpha value is 0.600. The Morgan fingerprint density at radius 3 is 1.40 bits per heavy atom. The summed E-state index contributed by atoms with van der Waals surface area (Å²) in [5, 5.41) is 0. The maximum Gasteiger partial charge on any atom is 0.313 e. The summed E-state index contributed by atoms with van der Waals surface area (Å²) in [5.41, 5.74) is 0. The van der Waals surface area contributed by atoms with Crippen molar-refractivity contribution in [2.75, 3.05) is 0 Å². The van der Waals surface area contributed by atoms with Crippen LogP contribution in [0.25, 0.3) is 0 Å². The van der Waals surface area contributed by atoms with E-state index in [4.69, 9.17) is 4.79 Å². The molecule has 0 heterocycles. The molecular formula is CCl2OS. The first-order valence-corrected chi connectivity index (χ1v) is 1.34. The molecule has 0 saturated heterocycles. The van der Waals surface area contributed by atoms with Gasteiger partial charge in [0.25, 0.3) is 0 Å². The summed E-state index contributed by atoms with van der Waals surface area (Å²) < 4.78 is -0.889. The summed E-state index contributed by atoms with van der Waals surface area (Å²) in [7, 11) is 0. The average Bonchev–Trinajstić information content (AvgIpc) is 0.811. The van der Waals surface area contributed by atoms with E-state index in [9.17, 15) is 0 Å². The smallest absolute Gasteiger partial charge is 0.262 e. The normalized spacial score (nSPS) is 5.20. The lowest BCUT2D eigenvalue weighted by Gasteiger charge is -1.48. The summed E-state index contributed by atoms with van der Waals surface area (Å²) in [4.78, 5) is 8.98. The number of rotatable bonds is 0. The van der Waals surface area contributed by atoms with Gasteiger partial charge in [0.2, 0.25) is 0 Å². The Balaban J connectivity index is 0. The van der Waals surface area contributed by atoms with Gasteiger partial charge < -0.3 is 0 Å². The summed E-state index contributed by atoms with van der Waals surface area (Å²) in [6, 6.07) is 0. The predicted molar refractivity (Wildman–Crippen MR) is 24.7 cm³/mol. The number of hydrogen-bond acceptors (Lipinski definition) is 1. The molecule has 0 aromatic rings. The molecule has 1 nitrogen and oxygen atoms in total. The van der Waals surface area contributed by atoms with Crippen molar-refractivity contribution in [2.45, 2.75) is 0 Å². The predicted octanol–water partition coefficient (Wildman–Crippen LogP) is 2.23. The highest BCUT2D eigenvalue weighted by Crippen LogP contribution is 1.84. The molecule has 0 rings (SSSR count). The highest BCUT2D eigenvalue weighted by Gasteiger charge is 1.72. The Kier molecular flexibility index (Phi) is 8.41. The second-order valence-electron chi connectivity index (χ2n) is 0.226. The standard InChI is InChI=1S/CCl2O.S/c2-1(3)4;. The van der Waals surface area contributed by atoms with Crippen LogP contribution in [0, 0.1) is 0 Å².